The molecular weight excluding hydrogens is 280 g/mol. The SMILES string of the molecule is CC(C(=O)N(Cc1cccs1)C(C)C)C1CNC1.Cl. The number of rotatable bonds is 5. The zero-order chi connectivity index (χ0) is 13.1. The molecule has 0 aliphatic carbocycles. The molecule has 0 aromatic carbocycles. The third-order valence-electron chi connectivity index (χ3n) is 3.72. The minimum absolute atomic E-state index is 0. The summed E-state index contributed by atoms with van der Waals surface area (Å²) in [7, 11) is 0. The summed E-state index contributed by atoms with van der Waals surface area (Å²) in [6, 6.07) is 4.40. The van der Waals surface area contributed by atoms with E-state index in [-0.39, 0.29) is 24.4 Å². The summed E-state index contributed by atoms with van der Waals surface area (Å²) >= 11 is 1.72. The van der Waals surface area contributed by atoms with Crippen LogP contribution in [0.15, 0.2) is 17.5 Å². The Kier molecular flexibility index (Phi) is 6.30. The molecule has 0 bridgehead atoms. The van der Waals surface area contributed by atoms with Gasteiger partial charge in [-0.2, -0.15) is 0 Å². The summed E-state index contributed by atoms with van der Waals surface area (Å²) in [5.74, 6) is 0.945. The normalized spacial score (nSPS) is 16.6. The molecule has 1 aromatic heterocycles. The number of halogens is 1. The lowest BCUT2D eigenvalue weighted by Gasteiger charge is -2.36. The van der Waals surface area contributed by atoms with Crippen molar-refractivity contribution in [1.82, 2.24) is 10.2 Å². The zero-order valence-corrected chi connectivity index (χ0v) is 13.4. The van der Waals surface area contributed by atoms with Gasteiger partial charge in [0.15, 0.2) is 0 Å². The van der Waals surface area contributed by atoms with Crippen molar-refractivity contribution in [2.45, 2.75) is 33.4 Å². The lowest BCUT2D eigenvalue weighted by Crippen LogP contribution is -2.51. The van der Waals surface area contributed by atoms with E-state index in [1.165, 1.54) is 4.88 Å². The Morgan fingerprint density at radius 2 is 2.16 bits per heavy atom. The highest BCUT2D eigenvalue weighted by Crippen LogP contribution is 2.22. The lowest BCUT2D eigenvalue weighted by atomic mass is 9.87. The molecule has 5 heteroatoms. The minimum Gasteiger partial charge on any atom is -0.335 e. The van der Waals surface area contributed by atoms with Crippen LogP contribution in [-0.4, -0.2) is 29.9 Å². The molecule has 0 saturated carbocycles. The number of hydrogen-bond acceptors (Lipinski definition) is 3. The molecule has 2 heterocycles. The number of thiophene rings is 1. The summed E-state index contributed by atoms with van der Waals surface area (Å²) in [6.45, 7) is 8.97. The second kappa shape index (κ2) is 7.27. The van der Waals surface area contributed by atoms with Gasteiger partial charge in [-0.3, -0.25) is 4.79 Å². The van der Waals surface area contributed by atoms with Gasteiger partial charge >= 0.3 is 0 Å². The van der Waals surface area contributed by atoms with Crippen molar-refractivity contribution in [1.29, 1.82) is 0 Å². The fourth-order valence-corrected chi connectivity index (χ4v) is 2.92. The fraction of sp³-hybridized carbons (Fsp3) is 0.643. The first-order valence-corrected chi connectivity index (χ1v) is 7.51. The Bertz CT molecular complexity index is 390. The molecule has 1 fully saturated rings. The van der Waals surface area contributed by atoms with Gasteiger partial charge in [-0.05, 0) is 44.3 Å². The largest absolute Gasteiger partial charge is 0.335 e. The molecule has 1 aromatic rings. The molecule has 19 heavy (non-hydrogen) atoms. The summed E-state index contributed by atoms with van der Waals surface area (Å²) in [4.78, 5) is 15.8. The predicted octanol–water partition coefficient (Wildman–Crippen LogP) is 2.76. The monoisotopic (exact) mass is 302 g/mol. The van der Waals surface area contributed by atoms with Crippen molar-refractivity contribution < 1.29 is 4.79 Å². The van der Waals surface area contributed by atoms with Gasteiger partial charge in [0.2, 0.25) is 5.91 Å². The number of nitrogens with zero attached hydrogens (tertiary/aromatic N) is 1. The third kappa shape index (κ3) is 3.94. The van der Waals surface area contributed by atoms with Crippen molar-refractivity contribution in [3.05, 3.63) is 22.4 Å². The van der Waals surface area contributed by atoms with Gasteiger partial charge in [-0.15, -0.1) is 23.7 Å². The maximum atomic E-state index is 12.5. The van der Waals surface area contributed by atoms with Gasteiger partial charge in [0.25, 0.3) is 0 Å². The highest BCUT2D eigenvalue weighted by molar-refractivity contribution is 7.09. The third-order valence-corrected chi connectivity index (χ3v) is 4.58. The van der Waals surface area contributed by atoms with E-state index in [0.717, 1.165) is 19.6 Å². The van der Waals surface area contributed by atoms with Crippen LogP contribution in [0, 0.1) is 11.8 Å². The number of hydrogen-bond donors (Lipinski definition) is 1. The van der Waals surface area contributed by atoms with Gasteiger partial charge in [0.1, 0.15) is 0 Å². The van der Waals surface area contributed by atoms with Crippen molar-refractivity contribution in [2.24, 2.45) is 11.8 Å². The van der Waals surface area contributed by atoms with Gasteiger partial charge < -0.3 is 10.2 Å². The quantitative estimate of drug-likeness (QED) is 0.907. The zero-order valence-electron chi connectivity index (χ0n) is 11.8. The Morgan fingerprint density at radius 1 is 1.47 bits per heavy atom. The number of carbonyl (C=O) groups excluding carboxylic acids is 1. The molecule has 1 aliphatic heterocycles. The van der Waals surface area contributed by atoms with Gasteiger partial charge in [0, 0.05) is 16.8 Å². The molecule has 1 unspecified atom stereocenters. The van der Waals surface area contributed by atoms with Crippen LogP contribution in [0.25, 0.3) is 0 Å². The molecule has 2 rings (SSSR count). The van der Waals surface area contributed by atoms with Crippen LogP contribution in [0.1, 0.15) is 25.6 Å². The second-order valence-electron chi connectivity index (χ2n) is 5.35. The first kappa shape index (κ1) is 16.5. The maximum absolute atomic E-state index is 12.5. The molecule has 1 N–H and O–H groups in total. The van der Waals surface area contributed by atoms with E-state index >= 15 is 0 Å². The van der Waals surface area contributed by atoms with E-state index in [4.69, 9.17) is 0 Å². The minimum atomic E-state index is 0. The van der Waals surface area contributed by atoms with Crippen LogP contribution in [0.4, 0.5) is 0 Å². The van der Waals surface area contributed by atoms with Gasteiger partial charge in [-0.1, -0.05) is 13.0 Å². The van der Waals surface area contributed by atoms with Crippen LogP contribution < -0.4 is 5.32 Å². The van der Waals surface area contributed by atoms with E-state index in [1.54, 1.807) is 11.3 Å². The molecule has 0 spiro atoms. The molecule has 1 aliphatic rings. The molecular formula is C14H23ClN2OS. The second-order valence-corrected chi connectivity index (χ2v) is 6.38. The first-order chi connectivity index (χ1) is 8.59. The van der Waals surface area contributed by atoms with Crippen LogP contribution >= 0.6 is 23.7 Å². The van der Waals surface area contributed by atoms with Crippen LogP contribution in [-0.2, 0) is 11.3 Å². The van der Waals surface area contributed by atoms with E-state index in [2.05, 4.69) is 37.5 Å². The summed E-state index contributed by atoms with van der Waals surface area (Å²) in [6.07, 6.45) is 0. The molecule has 3 nitrogen and oxygen atoms in total. The van der Waals surface area contributed by atoms with Gasteiger partial charge in [-0.25, -0.2) is 0 Å². The highest BCUT2D eigenvalue weighted by Gasteiger charge is 2.32. The molecule has 1 saturated heterocycles. The van der Waals surface area contributed by atoms with Crippen LogP contribution in [0.5, 0.6) is 0 Å². The number of carbonyl (C=O) groups is 1. The van der Waals surface area contributed by atoms with Crippen LogP contribution in [0.3, 0.4) is 0 Å². The lowest BCUT2D eigenvalue weighted by molar-refractivity contribution is -0.139. The molecule has 0 radical (unpaired) electrons. The Balaban J connectivity index is 0.00000180. The first-order valence-electron chi connectivity index (χ1n) is 6.63. The number of amides is 1. The average molecular weight is 303 g/mol. The summed E-state index contributed by atoms with van der Waals surface area (Å²) < 4.78 is 0. The highest BCUT2D eigenvalue weighted by atomic mass is 35.5. The van der Waals surface area contributed by atoms with E-state index in [0.29, 0.717) is 11.8 Å². The van der Waals surface area contributed by atoms with Crippen molar-refractivity contribution in [3.63, 3.8) is 0 Å². The molecule has 1 atom stereocenters. The Morgan fingerprint density at radius 3 is 2.58 bits per heavy atom. The number of nitrogens with one attached hydrogen (secondary N) is 1. The molecule has 1 amide bonds. The standard InChI is InChI=1S/C14H22N2OS.ClH/c1-10(2)16(9-13-5-4-6-18-13)14(17)11(3)12-7-15-8-12;/h4-6,10-12,15H,7-9H2,1-3H3;1H. The van der Waals surface area contributed by atoms with E-state index < -0.39 is 0 Å². The van der Waals surface area contributed by atoms with Crippen molar-refractivity contribution >= 4 is 29.7 Å². The van der Waals surface area contributed by atoms with Crippen molar-refractivity contribution in [3.8, 4) is 0 Å². The summed E-state index contributed by atoms with van der Waals surface area (Å²) in [5.41, 5.74) is 0. The smallest absolute Gasteiger partial charge is 0.226 e. The van der Waals surface area contributed by atoms with Gasteiger partial charge in [0.05, 0.1) is 6.54 Å². The average Bonchev–Trinajstić information content (AvgIpc) is 2.74. The maximum Gasteiger partial charge on any atom is 0.226 e. The van der Waals surface area contributed by atoms with E-state index in [9.17, 15) is 4.79 Å². The Hall–Kier alpha value is -0.580. The molecule has 108 valence electrons. The Labute approximate surface area is 125 Å². The van der Waals surface area contributed by atoms with Crippen molar-refractivity contribution in [2.75, 3.05) is 13.1 Å². The topological polar surface area (TPSA) is 32.3 Å². The fourth-order valence-electron chi connectivity index (χ4n) is 2.21. The predicted molar refractivity (Wildman–Crippen MR) is 82.8 cm³/mol. The summed E-state index contributed by atoms with van der Waals surface area (Å²) in [5, 5.41) is 5.31. The van der Waals surface area contributed by atoms with Crippen LogP contribution in [0.2, 0.25) is 0 Å². The van der Waals surface area contributed by atoms with E-state index in [1.807, 2.05) is 11.0 Å².